The van der Waals surface area contributed by atoms with Crippen LogP contribution in [-0.4, -0.2) is 16.8 Å². The van der Waals surface area contributed by atoms with Gasteiger partial charge in [-0.15, -0.1) is 0 Å². The van der Waals surface area contributed by atoms with Gasteiger partial charge in [0.2, 0.25) is 6.79 Å². The van der Waals surface area contributed by atoms with Gasteiger partial charge in [0, 0.05) is 12.1 Å². The lowest BCUT2D eigenvalue weighted by Crippen LogP contribution is -1.97. The summed E-state index contributed by atoms with van der Waals surface area (Å²) in [5.74, 6) is 3.08. The van der Waals surface area contributed by atoms with Gasteiger partial charge in [-0.25, -0.2) is 4.98 Å². The molecule has 0 radical (unpaired) electrons. The Kier molecular flexibility index (Phi) is 2.70. The van der Waals surface area contributed by atoms with Crippen LogP contribution in [-0.2, 0) is 6.61 Å². The largest absolute Gasteiger partial charge is 0.486 e. The molecule has 4 rings (SSSR count). The number of aromatic nitrogens is 2. The summed E-state index contributed by atoms with van der Waals surface area (Å²) in [7, 11) is 0. The molecule has 0 saturated heterocycles. The molecule has 0 fully saturated rings. The molecule has 2 aromatic carbocycles. The molecule has 3 aromatic rings. The highest BCUT2D eigenvalue weighted by Gasteiger charge is 2.16. The highest BCUT2D eigenvalue weighted by Crippen LogP contribution is 2.35. The first kappa shape index (κ1) is 12.1. The minimum absolute atomic E-state index is 0.269. The predicted octanol–water partition coefficient (Wildman–Crippen LogP) is 3.18. The number of nitrogens with one attached hydrogen (secondary N) is 1. The zero-order chi connectivity index (χ0) is 14.2. The van der Waals surface area contributed by atoms with Crippen molar-refractivity contribution in [3.8, 4) is 17.2 Å². The lowest BCUT2D eigenvalue weighted by Gasteiger charge is -2.03. The van der Waals surface area contributed by atoms with Crippen molar-refractivity contribution in [1.82, 2.24) is 9.97 Å². The molecule has 0 spiro atoms. The van der Waals surface area contributed by atoms with Crippen LogP contribution in [0.4, 0.5) is 0 Å². The molecule has 0 atom stereocenters. The van der Waals surface area contributed by atoms with Gasteiger partial charge in [0.25, 0.3) is 0 Å². The lowest BCUT2D eigenvalue weighted by molar-refractivity contribution is 0.174. The van der Waals surface area contributed by atoms with E-state index in [1.54, 1.807) is 0 Å². The highest BCUT2D eigenvalue weighted by atomic mass is 16.7. The molecule has 1 N–H and O–H groups in total. The summed E-state index contributed by atoms with van der Waals surface area (Å²) in [6.45, 7) is 2.71. The van der Waals surface area contributed by atoms with E-state index in [4.69, 9.17) is 14.2 Å². The van der Waals surface area contributed by atoms with Crippen molar-refractivity contribution < 1.29 is 14.2 Å². The molecular formula is C16H14N2O3. The summed E-state index contributed by atoms with van der Waals surface area (Å²) in [4.78, 5) is 7.74. The van der Waals surface area contributed by atoms with Gasteiger partial charge in [0.15, 0.2) is 11.5 Å². The maximum absolute atomic E-state index is 5.72. The Bertz CT molecular complexity index is 752. The van der Waals surface area contributed by atoms with Gasteiger partial charge < -0.3 is 19.2 Å². The summed E-state index contributed by atoms with van der Waals surface area (Å²) < 4.78 is 16.4. The van der Waals surface area contributed by atoms with Crippen molar-refractivity contribution in [2.24, 2.45) is 0 Å². The normalized spacial score (nSPS) is 12.8. The van der Waals surface area contributed by atoms with Crippen molar-refractivity contribution >= 4 is 11.0 Å². The summed E-state index contributed by atoms with van der Waals surface area (Å²) in [5.41, 5.74) is 2.98. The van der Waals surface area contributed by atoms with E-state index in [1.807, 2.05) is 43.3 Å². The maximum Gasteiger partial charge on any atom is 0.231 e. The van der Waals surface area contributed by atoms with Crippen LogP contribution in [0.25, 0.3) is 11.0 Å². The minimum Gasteiger partial charge on any atom is -0.486 e. The van der Waals surface area contributed by atoms with Crippen molar-refractivity contribution in [1.29, 1.82) is 0 Å². The van der Waals surface area contributed by atoms with Crippen LogP contribution in [0.5, 0.6) is 17.2 Å². The number of benzene rings is 2. The second-order valence-electron chi connectivity index (χ2n) is 5.01. The standard InChI is InChI=1S/C16H14N2O3/c1-10-2-4-11(5-3-10)19-8-16-17-12-6-14-15(21-9-20-14)7-13(12)18-16/h2-7H,8-9H2,1H3,(H,17,18). The van der Waals surface area contributed by atoms with Gasteiger partial charge in [0.1, 0.15) is 18.2 Å². The van der Waals surface area contributed by atoms with Gasteiger partial charge in [-0.05, 0) is 19.1 Å². The third kappa shape index (κ3) is 2.27. The third-order valence-electron chi connectivity index (χ3n) is 3.42. The number of fused-ring (bicyclic) bond motifs is 2. The van der Waals surface area contributed by atoms with Crippen LogP contribution in [0.1, 0.15) is 11.4 Å². The molecule has 5 heteroatoms. The molecule has 21 heavy (non-hydrogen) atoms. The van der Waals surface area contributed by atoms with Crippen LogP contribution >= 0.6 is 0 Å². The van der Waals surface area contributed by atoms with E-state index in [2.05, 4.69) is 9.97 Å². The molecule has 2 heterocycles. The van der Waals surface area contributed by atoms with Crippen molar-refractivity contribution in [3.05, 3.63) is 47.8 Å². The van der Waals surface area contributed by atoms with Crippen molar-refractivity contribution in [2.75, 3.05) is 6.79 Å². The van der Waals surface area contributed by atoms with Crippen LogP contribution in [0.3, 0.4) is 0 Å². The Morgan fingerprint density at radius 3 is 2.71 bits per heavy atom. The van der Waals surface area contributed by atoms with Crippen molar-refractivity contribution in [2.45, 2.75) is 13.5 Å². The number of hydrogen-bond donors (Lipinski definition) is 1. The average Bonchev–Trinajstić information content (AvgIpc) is 3.09. The SMILES string of the molecule is Cc1ccc(OCc2nc3cc4c(cc3[nH]2)OCO4)cc1. The zero-order valence-electron chi connectivity index (χ0n) is 11.6. The molecule has 1 aliphatic rings. The Morgan fingerprint density at radius 2 is 1.90 bits per heavy atom. The fourth-order valence-electron chi connectivity index (χ4n) is 2.31. The van der Waals surface area contributed by atoms with E-state index in [-0.39, 0.29) is 6.79 Å². The lowest BCUT2D eigenvalue weighted by atomic mass is 10.2. The minimum atomic E-state index is 0.269. The highest BCUT2D eigenvalue weighted by molar-refractivity contribution is 5.80. The first-order valence-corrected chi connectivity index (χ1v) is 6.76. The Balaban J connectivity index is 1.55. The monoisotopic (exact) mass is 282 g/mol. The molecule has 0 bridgehead atoms. The van der Waals surface area contributed by atoms with Gasteiger partial charge in [-0.3, -0.25) is 0 Å². The van der Waals surface area contributed by atoms with Gasteiger partial charge in [-0.1, -0.05) is 17.7 Å². The van der Waals surface area contributed by atoms with Gasteiger partial charge in [-0.2, -0.15) is 0 Å². The third-order valence-corrected chi connectivity index (χ3v) is 3.42. The van der Waals surface area contributed by atoms with E-state index in [9.17, 15) is 0 Å². The Morgan fingerprint density at radius 1 is 1.14 bits per heavy atom. The summed E-state index contributed by atoms with van der Waals surface area (Å²) >= 11 is 0. The molecule has 0 saturated carbocycles. The molecule has 1 aliphatic heterocycles. The van der Waals surface area contributed by atoms with E-state index in [0.29, 0.717) is 6.61 Å². The number of imidazole rings is 1. The first-order valence-electron chi connectivity index (χ1n) is 6.76. The molecule has 106 valence electrons. The molecule has 0 aliphatic carbocycles. The molecule has 1 aromatic heterocycles. The fourth-order valence-corrected chi connectivity index (χ4v) is 2.31. The number of aryl methyl sites for hydroxylation is 1. The van der Waals surface area contributed by atoms with Gasteiger partial charge in [0.05, 0.1) is 11.0 Å². The quantitative estimate of drug-likeness (QED) is 0.801. The van der Waals surface area contributed by atoms with E-state index >= 15 is 0 Å². The second kappa shape index (κ2) is 4.70. The van der Waals surface area contributed by atoms with Crippen LogP contribution < -0.4 is 14.2 Å². The van der Waals surface area contributed by atoms with Gasteiger partial charge >= 0.3 is 0 Å². The number of hydrogen-bond acceptors (Lipinski definition) is 4. The topological polar surface area (TPSA) is 56.4 Å². The average molecular weight is 282 g/mol. The fraction of sp³-hybridized carbons (Fsp3) is 0.188. The smallest absolute Gasteiger partial charge is 0.231 e. The van der Waals surface area contributed by atoms with Crippen LogP contribution in [0.2, 0.25) is 0 Å². The first-order chi connectivity index (χ1) is 10.3. The maximum atomic E-state index is 5.72. The van der Waals surface area contributed by atoms with Crippen molar-refractivity contribution in [3.63, 3.8) is 0 Å². The second-order valence-corrected chi connectivity index (χ2v) is 5.01. The van der Waals surface area contributed by atoms with E-state index < -0.39 is 0 Å². The number of H-pyrrole nitrogens is 1. The Hall–Kier alpha value is -2.69. The molecular weight excluding hydrogens is 268 g/mol. The number of ether oxygens (including phenoxy) is 3. The number of nitrogens with zero attached hydrogens (tertiary/aromatic N) is 1. The number of rotatable bonds is 3. The van der Waals surface area contributed by atoms with E-state index in [0.717, 1.165) is 34.1 Å². The zero-order valence-corrected chi connectivity index (χ0v) is 11.6. The molecule has 0 unspecified atom stereocenters. The van der Waals surface area contributed by atoms with Crippen LogP contribution in [0, 0.1) is 6.92 Å². The van der Waals surface area contributed by atoms with Crippen LogP contribution in [0.15, 0.2) is 36.4 Å². The Labute approximate surface area is 121 Å². The molecule has 5 nitrogen and oxygen atoms in total. The predicted molar refractivity (Wildman–Crippen MR) is 77.7 cm³/mol. The van der Waals surface area contributed by atoms with E-state index in [1.165, 1.54) is 5.56 Å². The summed E-state index contributed by atoms with van der Waals surface area (Å²) in [5, 5.41) is 0. The molecule has 0 amide bonds. The summed E-state index contributed by atoms with van der Waals surface area (Å²) in [6, 6.07) is 11.7. The summed E-state index contributed by atoms with van der Waals surface area (Å²) in [6.07, 6.45) is 0. The number of aromatic amines is 1.